The summed E-state index contributed by atoms with van der Waals surface area (Å²) >= 11 is 0. The van der Waals surface area contributed by atoms with Gasteiger partial charge in [-0.2, -0.15) is 0 Å². The molecule has 1 heteroatoms. The number of hydrogen-bond donors (Lipinski definition) is 0. The van der Waals surface area contributed by atoms with Crippen LogP contribution in [0.3, 0.4) is 0 Å². The van der Waals surface area contributed by atoms with Crippen molar-refractivity contribution in [2.45, 2.75) is 12.5 Å². The summed E-state index contributed by atoms with van der Waals surface area (Å²) in [6, 6.07) is 8.39. The second kappa shape index (κ2) is 3.11. The zero-order valence-electron chi connectivity index (χ0n) is 6.99. The normalized spacial score (nSPS) is 21.5. The molecule has 1 aliphatic heterocycles. The molecule has 0 bridgehead atoms. The van der Waals surface area contributed by atoms with Gasteiger partial charge in [0, 0.05) is 5.92 Å². The van der Waals surface area contributed by atoms with Gasteiger partial charge >= 0.3 is 0 Å². The van der Waals surface area contributed by atoms with Crippen LogP contribution in [0.5, 0.6) is 0 Å². The summed E-state index contributed by atoms with van der Waals surface area (Å²) in [5.41, 5.74) is 2.67. The third kappa shape index (κ3) is 1.16. The van der Waals surface area contributed by atoms with E-state index in [0.717, 1.165) is 13.2 Å². The molecule has 0 spiro atoms. The third-order valence-corrected chi connectivity index (χ3v) is 2.29. The van der Waals surface area contributed by atoms with E-state index in [2.05, 4.69) is 24.8 Å². The number of fused-ring (bicyclic) bond motifs is 1. The van der Waals surface area contributed by atoms with Gasteiger partial charge in [-0.3, -0.25) is 0 Å². The topological polar surface area (TPSA) is 9.23 Å². The maximum absolute atomic E-state index is 5.43. The number of ether oxygens (including phenoxy) is 1. The van der Waals surface area contributed by atoms with E-state index in [1.54, 1.807) is 0 Å². The maximum atomic E-state index is 5.43. The zero-order valence-corrected chi connectivity index (χ0v) is 6.99. The molecule has 62 valence electrons. The summed E-state index contributed by atoms with van der Waals surface area (Å²) in [5, 5.41) is 0. The van der Waals surface area contributed by atoms with E-state index in [1.807, 2.05) is 12.1 Å². The van der Waals surface area contributed by atoms with Crippen LogP contribution in [0.1, 0.15) is 17.0 Å². The van der Waals surface area contributed by atoms with Crippen LogP contribution >= 0.6 is 0 Å². The second-order valence-corrected chi connectivity index (χ2v) is 3.06. The highest BCUT2D eigenvalue weighted by Gasteiger charge is 2.16. The summed E-state index contributed by atoms with van der Waals surface area (Å²) in [5.74, 6) is 0.384. The largest absolute Gasteiger partial charge is 0.376 e. The zero-order chi connectivity index (χ0) is 8.39. The van der Waals surface area contributed by atoms with E-state index in [1.165, 1.54) is 11.1 Å². The summed E-state index contributed by atoms with van der Waals surface area (Å²) < 4.78 is 5.43. The fourth-order valence-corrected chi connectivity index (χ4v) is 1.61. The predicted molar refractivity (Wildman–Crippen MR) is 49.0 cm³/mol. The quantitative estimate of drug-likeness (QED) is 0.573. The highest BCUT2D eigenvalue weighted by atomic mass is 16.5. The molecule has 0 N–H and O–H groups in total. The Morgan fingerprint density at radius 3 is 3.08 bits per heavy atom. The Hall–Kier alpha value is -1.08. The monoisotopic (exact) mass is 160 g/mol. The summed E-state index contributed by atoms with van der Waals surface area (Å²) in [6.45, 7) is 5.33. The summed E-state index contributed by atoms with van der Waals surface area (Å²) in [7, 11) is 0. The first-order valence-electron chi connectivity index (χ1n) is 4.20. The van der Waals surface area contributed by atoms with E-state index >= 15 is 0 Å². The maximum Gasteiger partial charge on any atom is 0.0720 e. The van der Waals surface area contributed by atoms with Crippen LogP contribution in [0.25, 0.3) is 0 Å². The van der Waals surface area contributed by atoms with Crippen LogP contribution in [0.2, 0.25) is 0 Å². The van der Waals surface area contributed by atoms with Gasteiger partial charge in [0.25, 0.3) is 0 Å². The fraction of sp³-hybridized carbons (Fsp3) is 0.273. The van der Waals surface area contributed by atoms with Crippen molar-refractivity contribution in [1.29, 1.82) is 0 Å². The fourth-order valence-electron chi connectivity index (χ4n) is 1.61. The molecule has 1 aromatic rings. The average molecular weight is 160 g/mol. The molecule has 1 unspecified atom stereocenters. The standard InChI is InChI=1S/C11H12O/c1-2-9-7-12-8-10-5-3-4-6-11(9)10/h2-6,9H,1,7-8H2. The van der Waals surface area contributed by atoms with Crippen LogP contribution in [0, 0.1) is 0 Å². The van der Waals surface area contributed by atoms with Crippen LogP contribution in [-0.2, 0) is 11.3 Å². The molecule has 1 heterocycles. The van der Waals surface area contributed by atoms with Gasteiger partial charge in [-0.05, 0) is 11.1 Å². The molecule has 1 aliphatic rings. The Labute approximate surface area is 72.7 Å². The van der Waals surface area contributed by atoms with Gasteiger partial charge in [0.1, 0.15) is 0 Å². The van der Waals surface area contributed by atoms with Gasteiger partial charge in [0.15, 0.2) is 0 Å². The van der Waals surface area contributed by atoms with Crippen LogP contribution < -0.4 is 0 Å². The number of hydrogen-bond acceptors (Lipinski definition) is 1. The van der Waals surface area contributed by atoms with E-state index < -0.39 is 0 Å². The van der Waals surface area contributed by atoms with Gasteiger partial charge in [0.2, 0.25) is 0 Å². The molecule has 0 saturated carbocycles. The Morgan fingerprint density at radius 1 is 1.42 bits per heavy atom. The van der Waals surface area contributed by atoms with Crippen molar-refractivity contribution >= 4 is 0 Å². The molecule has 0 fully saturated rings. The molecular formula is C11H12O. The minimum Gasteiger partial charge on any atom is -0.376 e. The van der Waals surface area contributed by atoms with Gasteiger partial charge < -0.3 is 4.74 Å². The SMILES string of the molecule is C=CC1COCc2ccccc21. The summed E-state index contributed by atoms with van der Waals surface area (Å²) in [6.07, 6.45) is 1.96. The van der Waals surface area contributed by atoms with Crippen LogP contribution in [0.15, 0.2) is 36.9 Å². The van der Waals surface area contributed by atoms with Crippen molar-refractivity contribution in [3.05, 3.63) is 48.0 Å². The van der Waals surface area contributed by atoms with Crippen LogP contribution in [0.4, 0.5) is 0 Å². The Morgan fingerprint density at radius 2 is 2.25 bits per heavy atom. The first-order valence-corrected chi connectivity index (χ1v) is 4.20. The van der Waals surface area contributed by atoms with Crippen molar-refractivity contribution in [3.63, 3.8) is 0 Å². The lowest BCUT2D eigenvalue weighted by Crippen LogP contribution is -2.14. The van der Waals surface area contributed by atoms with Crippen molar-refractivity contribution < 1.29 is 4.74 Å². The summed E-state index contributed by atoms with van der Waals surface area (Å²) in [4.78, 5) is 0. The lowest BCUT2D eigenvalue weighted by atomic mass is 9.93. The van der Waals surface area contributed by atoms with Crippen molar-refractivity contribution in [2.24, 2.45) is 0 Å². The number of benzene rings is 1. The number of rotatable bonds is 1. The van der Waals surface area contributed by atoms with E-state index in [0.29, 0.717) is 5.92 Å². The molecule has 0 aliphatic carbocycles. The first-order chi connectivity index (χ1) is 5.92. The second-order valence-electron chi connectivity index (χ2n) is 3.06. The van der Waals surface area contributed by atoms with E-state index in [-0.39, 0.29) is 0 Å². The van der Waals surface area contributed by atoms with Gasteiger partial charge in [-0.25, -0.2) is 0 Å². The van der Waals surface area contributed by atoms with Crippen LogP contribution in [-0.4, -0.2) is 6.61 Å². The Bertz CT molecular complexity index is 291. The molecule has 0 radical (unpaired) electrons. The average Bonchev–Trinajstić information content (AvgIpc) is 2.17. The molecule has 1 aromatic carbocycles. The smallest absolute Gasteiger partial charge is 0.0720 e. The van der Waals surface area contributed by atoms with Gasteiger partial charge in [-0.1, -0.05) is 30.3 Å². The molecular weight excluding hydrogens is 148 g/mol. The van der Waals surface area contributed by atoms with E-state index in [4.69, 9.17) is 4.74 Å². The van der Waals surface area contributed by atoms with E-state index in [9.17, 15) is 0 Å². The van der Waals surface area contributed by atoms with Crippen molar-refractivity contribution in [1.82, 2.24) is 0 Å². The molecule has 0 amide bonds. The molecule has 2 rings (SSSR count). The minimum atomic E-state index is 0.384. The van der Waals surface area contributed by atoms with Gasteiger partial charge in [-0.15, -0.1) is 6.58 Å². The minimum absolute atomic E-state index is 0.384. The first kappa shape index (κ1) is 7.56. The Balaban J connectivity index is 2.43. The molecule has 1 atom stereocenters. The van der Waals surface area contributed by atoms with Crippen molar-refractivity contribution in [2.75, 3.05) is 6.61 Å². The highest BCUT2D eigenvalue weighted by Crippen LogP contribution is 2.26. The molecule has 12 heavy (non-hydrogen) atoms. The third-order valence-electron chi connectivity index (χ3n) is 2.29. The Kier molecular flexibility index (Phi) is 1.96. The molecule has 0 aromatic heterocycles. The van der Waals surface area contributed by atoms with Crippen molar-refractivity contribution in [3.8, 4) is 0 Å². The lowest BCUT2D eigenvalue weighted by Gasteiger charge is -2.22. The molecule has 0 saturated heterocycles. The molecule has 1 nitrogen and oxygen atoms in total. The van der Waals surface area contributed by atoms with Gasteiger partial charge in [0.05, 0.1) is 13.2 Å². The predicted octanol–water partition coefficient (Wildman–Crippen LogP) is 2.49. The highest BCUT2D eigenvalue weighted by molar-refractivity contribution is 5.33. The lowest BCUT2D eigenvalue weighted by molar-refractivity contribution is 0.101.